The van der Waals surface area contributed by atoms with Gasteiger partial charge in [-0.05, 0) is 18.2 Å². The van der Waals surface area contributed by atoms with E-state index in [0.717, 1.165) is 12.1 Å². The van der Waals surface area contributed by atoms with E-state index in [-0.39, 0.29) is 11.3 Å². The molecule has 0 aliphatic heterocycles. The molecule has 3 N–H and O–H groups in total. The minimum absolute atomic E-state index is 0.0667. The van der Waals surface area contributed by atoms with Gasteiger partial charge in [-0.2, -0.15) is 13.2 Å². The molecule has 1 aromatic rings. The van der Waals surface area contributed by atoms with E-state index in [0.29, 0.717) is 6.07 Å². The highest BCUT2D eigenvalue weighted by atomic mass is 19.4. The van der Waals surface area contributed by atoms with Crippen molar-refractivity contribution < 1.29 is 28.2 Å². The van der Waals surface area contributed by atoms with Gasteiger partial charge < -0.3 is 10.2 Å². The normalized spacial score (nSPS) is 11.2. The van der Waals surface area contributed by atoms with Crippen LogP contribution in [0.3, 0.4) is 0 Å². The second-order valence-electron chi connectivity index (χ2n) is 2.96. The summed E-state index contributed by atoms with van der Waals surface area (Å²) in [6.07, 6.45) is -5.93. The van der Waals surface area contributed by atoms with Gasteiger partial charge in [0.15, 0.2) is 0 Å². The topological polar surface area (TPSA) is 69.6 Å². The molecule has 0 unspecified atom stereocenters. The number of halogens is 3. The van der Waals surface area contributed by atoms with Crippen molar-refractivity contribution in [3.05, 3.63) is 29.3 Å². The Labute approximate surface area is 88.3 Å². The van der Waals surface area contributed by atoms with Crippen LogP contribution in [0.1, 0.15) is 11.1 Å². The average Bonchev–Trinajstić information content (AvgIpc) is 2.15. The van der Waals surface area contributed by atoms with Crippen LogP contribution in [0, 0.1) is 0 Å². The van der Waals surface area contributed by atoms with Gasteiger partial charge in [-0.1, -0.05) is 0 Å². The van der Waals surface area contributed by atoms with Crippen LogP contribution < -0.4 is 5.32 Å². The Balaban J connectivity index is 3.11. The van der Waals surface area contributed by atoms with Gasteiger partial charge in [0.1, 0.15) is 0 Å². The smallest absolute Gasteiger partial charge is 0.416 e. The third-order valence-corrected chi connectivity index (χ3v) is 1.84. The molecule has 0 aliphatic rings. The molecule has 0 fully saturated rings. The van der Waals surface area contributed by atoms with Crippen LogP contribution in [0.2, 0.25) is 0 Å². The number of benzene rings is 1. The standard InChI is InChI=1S/C9H8F3NO3/c10-9(11,12)6-1-2-7(13-8(15)16)5(3-6)4-14/h1-3,13-14H,4H2,(H,15,16). The van der Waals surface area contributed by atoms with Crippen LogP contribution in [-0.4, -0.2) is 16.3 Å². The Morgan fingerprint density at radius 3 is 2.44 bits per heavy atom. The number of alkyl halides is 3. The molecule has 0 spiro atoms. The lowest BCUT2D eigenvalue weighted by Crippen LogP contribution is -2.11. The van der Waals surface area contributed by atoms with Crippen LogP contribution in [0.4, 0.5) is 23.7 Å². The largest absolute Gasteiger partial charge is 0.465 e. The summed E-state index contributed by atoms with van der Waals surface area (Å²) in [6, 6.07) is 2.40. The third kappa shape index (κ3) is 2.86. The van der Waals surface area contributed by atoms with Gasteiger partial charge in [-0.25, -0.2) is 4.79 Å². The number of hydrogen-bond donors (Lipinski definition) is 3. The Hall–Kier alpha value is -1.76. The zero-order valence-electron chi connectivity index (χ0n) is 7.88. The molecule has 0 saturated heterocycles. The molecular weight excluding hydrogens is 227 g/mol. The number of hydrogen-bond acceptors (Lipinski definition) is 2. The Bertz CT molecular complexity index is 403. The molecule has 0 aliphatic carbocycles. The lowest BCUT2D eigenvalue weighted by atomic mass is 10.1. The van der Waals surface area contributed by atoms with Crippen LogP contribution in [-0.2, 0) is 12.8 Å². The van der Waals surface area contributed by atoms with Crippen molar-refractivity contribution in [1.29, 1.82) is 0 Å². The molecule has 0 bridgehead atoms. The van der Waals surface area contributed by atoms with Crippen molar-refractivity contribution in [2.75, 3.05) is 5.32 Å². The van der Waals surface area contributed by atoms with E-state index in [1.54, 1.807) is 0 Å². The molecule has 16 heavy (non-hydrogen) atoms. The van der Waals surface area contributed by atoms with Gasteiger partial charge in [-0.15, -0.1) is 0 Å². The van der Waals surface area contributed by atoms with Gasteiger partial charge in [0, 0.05) is 11.3 Å². The first-order chi connectivity index (χ1) is 7.34. The van der Waals surface area contributed by atoms with Crippen LogP contribution in [0.15, 0.2) is 18.2 Å². The second kappa shape index (κ2) is 4.40. The maximum absolute atomic E-state index is 12.3. The summed E-state index contributed by atoms with van der Waals surface area (Å²) in [7, 11) is 0. The molecule has 1 amide bonds. The molecule has 0 radical (unpaired) electrons. The van der Waals surface area contributed by atoms with Crippen LogP contribution >= 0.6 is 0 Å². The van der Waals surface area contributed by atoms with E-state index in [9.17, 15) is 18.0 Å². The number of amides is 1. The summed E-state index contributed by atoms with van der Waals surface area (Å²) < 4.78 is 36.8. The van der Waals surface area contributed by atoms with Gasteiger partial charge in [0.25, 0.3) is 0 Å². The summed E-state index contributed by atoms with van der Waals surface area (Å²) in [5.41, 5.74) is -1.13. The van der Waals surface area contributed by atoms with Crippen molar-refractivity contribution in [2.45, 2.75) is 12.8 Å². The fourth-order valence-electron chi connectivity index (χ4n) is 1.14. The van der Waals surface area contributed by atoms with E-state index in [2.05, 4.69) is 0 Å². The molecule has 4 nitrogen and oxygen atoms in total. The number of aliphatic hydroxyl groups is 1. The zero-order chi connectivity index (χ0) is 12.3. The lowest BCUT2D eigenvalue weighted by Gasteiger charge is -2.11. The number of rotatable bonds is 2. The highest BCUT2D eigenvalue weighted by molar-refractivity contribution is 5.84. The van der Waals surface area contributed by atoms with Gasteiger partial charge in [0.2, 0.25) is 0 Å². The summed E-state index contributed by atoms with van der Waals surface area (Å²) in [5, 5.41) is 19.1. The first kappa shape index (κ1) is 12.3. The fourth-order valence-corrected chi connectivity index (χ4v) is 1.14. The monoisotopic (exact) mass is 235 g/mol. The SMILES string of the molecule is O=C(O)Nc1ccc(C(F)(F)F)cc1CO. The molecule has 7 heteroatoms. The maximum Gasteiger partial charge on any atom is 0.416 e. The lowest BCUT2D eigenvalue weighted by molar-refractivity contribution is -0.137. The zero-order valence-corrected chi connectivity index (χ0v) is 7.88. The fraction of sp³-hybridized carbons (Fsp3) is 0.222. The molecule has 0 atom stereocenters. The summed E-state index contributed by atoms with van der Waals surface area (Å²) in [4.78, 5) is 10.3. The van der Waals surface area contributed by atoms with Crippen LogP contribution in [0.25, 0.3) is 0 Å². The first-order valence-electron chi connectivity index (χ1n) is 4.15. The molecule has 0 aromatic heterocycles. The summed E-state index contributed by atoms with van der Waals surface area (Å²) in [6.45, 7) is -0.681. The quantitative estimate of drug-likeness (QED) is 0.736. The highest BCUT2D eigenvalue weighted by Gasteiger charge is 2.30. The van der Waals surface area contributed by atoms with E-state index < -0.39 is 24.4 Å². The Morgan fingerprint density at radius 1 is 1.38 bits per heavy atom. The number of nitrogens with one attached hydrogen (secondary N) is 1. The summed E-state index contributed by atoms with van der Waals surface area (Å²) in [5.74, 6) is 0. The van der Waals surface area contributed by atoms with Crippen molar-refractivity contribution in [1.82, 2.24) is 0 Å². The van der Waals surface area contributed by atoms with E-state index in [4.69, 9.17) is 10.2 Å². The predicted molar refractivity (Wildman–Crippen MR) is 49.0 cm³/mol. The third-order valence-electron chi connectivity index (χ3n) is 1.84. The predicted octanol–water partition coefficient (Wildman–Crippen LogP) is 2.29. The maximum atomic E-state index is 12.3. The van der Waals surface area contributed by atoms with Gasteiger partial charge in [-0.3, -0.25) is 5.32 Å². The molecule has 0 saturated carbocycles. The molecule has 1 rings (SSSR count). The second-order valence-corrected chi connectivity index (χ2v) is 2.96. The van der Waals surface area contributed by atoms with Crippen LogP contribution in [0.5, 0.6) is 0 Å². The number of aliphatic hydroxyl groups excluding tert-OH is 1. The van der Waals surface area contributed by atoms with Gasteiger partial charge in [0.05, 0.1) is 12.2 Å². The minimum Gasteiger partial charge on any atom is -0.465 e. The minimum atomic E-state index is -4.52. The van der Waals surface area contributed by atoms with E-state index in [1.807, 2.05) is 5.32 Å². The van der Waals surface area contributed by atoms with Crippen molar-refractivity contribution in [3.63, 3.8) is 0 Å². The molecule has 1 aromatic carbocycles. The Morgan fingerprint density at radius 2 is 2.00 bits per heavy atom. The number of anilines is 1. The molecule has 88 valence electrons. The summed E-state index contributed by atoms with van der Waals surface area (Å²) >= 11 is 0. The molecule has 0 heterocycles. The van der Waals surface area contributed by atoms with Crippen molar-refractivity contribution in [3.8, 4) is 0 Å². The Kier molecular flexibility index (Phi) is 3.38. The molecular formula is C9H8F3NO3. The van der Waals surface area contributed by atoms with E-state index >= 15 is 0 Å². The van der Waals surface area contributed by atoms with Gasteiger partial charge >= 0.3 is 12.3 Å². The van der Waals surface area contributed by atoms with Crippen molar-refractivity contribution in [2.24, 2.45) is 0 Å². The van der Waals surface area contributed by atoms with Crippen molar-refractivity contribution >= 4 is 11.8 Å². The first-order valence-corrected chi connectivity index (χ1v) is 4.15. The average molecular weight is 235 g/mol. The number of carboxylic acid groups (broad SMARTS) is 1. The number of carbonyl (C=O) groups is 1. The highest BCUT2D eigenvalue weighted by Crippen LogP contribution is 2.31. The van der Waals surface area contributed by atoms with E-state index in [1.165, 1.54) is 0 Å².